The molecule has 1 fully saturated rings. The van der Waals surface area contributed by atoms with Gasteiger partial charge in [0.05, 0.1) is 12.3 Å². The number of hydrogen-bond acceptors (Lipinski definition) is 5. The average molecular weight is 348 g/mol. The van der Waals surface area contributed by atoms with Gasteiger partial charge in [0.25, 0.3) is 0 Å². The largest absolute Gasteiger partial charge is 0.341 e. The van der Waals surface area contributed by atoms with Crippen LogP contribution >= 0.6 is 0 Å². The Labute approximate surface area is 151 Å². The molecule has 0 unspecified atom stereocenters. The maximum atomic E-state index is 12.6. The lowest BCUT2D eigenvalue weighted by Crippen LogP contribution is -2.30. The third kappa shape index (κ3) is 3.35. The SMILES string of the molecule is C[C@H]1CN(C(=O)Cc2cccnc2)C[C@@H]1c1nc(-c2ccccc2)no1. The lowest BCUT2D eigenvalue weighted by atomic mass is 9.98. The summed E-state index contributed by atoms with van der Waals surface area (Å²) in [6, 6.07) is 13.5. The van der Waals surface area contributed by atoms with Gasteiger partial charge in [-0.1, -0.05) is 48.5 Å². The molecule has 0 N–H and O–H groups in total. The van der Waals surface area contributed by atoms with E-state index in [0.717, 1.165) is 11.1 Å². The van der Waals surface area contributed by atoms with Crippen LogP contribution in [0.1, 0.15) is 24.3 Å². The Kier molecular flexibility index (Phi) is 4.48. The molecule has 4 rings (SSSR count). The lowest BCUT2D eigenvalue weighted by molar-refractivity contribution is -0.129. The van der Waals surface area contributed by atoms with Crippen molar-refractivity contribution in [2.24, 2.45) is 5.92 Å². The van der Waals surface area contributed by atoms with E-state index >= 15 is 0 Å². The number of rotatable bonds is 4. The van der Waals surface area contributed by atoms with E-state index < -0.39 is 0 Å². The van der Waals surface area contributed by atoms with Gasteiger partial charge in [-0.05, 0) is 17.5 Å². The first kappa shape index (κ1) is 16.4. The number of benzene rings is 1. The first-order chi connectivity index (χ1) is 12.7. The topological polar surface area (TPSA) is 72.1 Å². The fourth-order valence-corrected chi connectivity index (χ4v) is 3.37. The molecule has 6 nitrogen and oxygen atoms in total. The normalized spacial score (nSPS) is 19.7. The average Bonchev–Trinajstić information content (AvgIpc) is 3.30. The van der Waals surface area contributed by atoms with Gasteiger partial charge in [-0.15, -0.1) is 0 Å². The molecule has 26 heavy (non-hydrogen) atoms. The smallest absolute Gasteiger partial charge is 0.232 e. The second-order valence-electron chi connectivity index (χ2n) is 6.74. The monoisotopic (exact) mass is 348 g/mol. The van der Waals surface area contributed by atoms with Crippen LogP contribution in [-0.4, -0.2) is 39.0 Å². The number of hydrogen-bond donors (Lipinski definition) is 0. The number of pyridine rings is 1. The van der Waals surface area contributed by atoms with E-state index in [1.807, 2.05) is 47.4 Å². The molecule has 0 aliphatic carbocycles. The summed E-state index contributed by atoms with van der Waals surface area (Å²) in [7, 11) is 0. The van der Waals surface area contributed by atoms with E-state index in [9.17, 15) is 4.79 Å². The maximum absolute atomic E-state index is 12.6. The van der Waals surface area contributed by atoms with Gasteiger partial charge in [-0.25, -0.2) is 0 Å². The molecule has 3 aromatic rings. The lowest BCUT2D eigenvalue weighted by Gasteiger charge is -2.15. The Hall–Kier alpha value is -3.02. The first-order valence-electron chi connectivity index (χ1n) is 8.76. The molecule has 3 heterocycles. The van der Waals surface area contributed by atoms with E-state index in [4.69, 9.17) is 4.52 Å². The molecule has 2 atom stereocenters. The van der Waals surface area contributed by atoms with Gasteiger partial charge in [0.2, 0.25) is 17.6 Å². The van der Waals surface area contributed by atoms with Crippen LogP contribution < -0.4 is 0 Å². The molecule has 0 bridgehead atoms. The number of nitrogens with zero attached hydrogens (tertiary/aromatic N) is 4. The summed E-state index contributed by atoms with van der Waals surface area (Å²) in [5, 5.41) is 4.11. The van der Waals surface area contributed by atoms with Crippen LogP contribution in [0.4, 0.5) is 0 Å². The van der Waals surface area contributed by atoms with Crippen molar-refractivity contribution in [1.82, 2.24) is 20.0 Å². The van der Waals surface area contributed by atoms with Gasteiger partial charge >= 0.3 is 0 Å². The van der Waals surface area contributed by atoms with E-state index in [1.54, 1.807) is 12.4 Å². The van der Waals surface area contributed by atoms with Crippen LogP contribution in [0.15, 0.2) is 59.4 Å². The van der Waals surface area contributed by atoms with Crippen molar-refractivity contribution >= 4 is 5.91 Å². The summed E-state index contributed by atoms with van der Waals surface area (Å²) in [5.74, 6) is 1.64. The minimum absolute atomic E-state index is 0.0674. The minimum Gasteiger partial charge on any atom is -0.341 e. The number of likely N-dealkylation sites (tertiary alicyclic amines) is 1. The zero-order chi connectivity index (χ0) is 17.9. The Morgan fingerprint density at radius 2 is 2.04 bits per heavy atom. The molecule has 0 saturated carbocycles. The summed E-state index contributed by atoms with van der Waals surface area (Å²) in [6.45, 7) is 3.43. The molecule has 1 aliphatic rings. The van der Waals surface area contributed by atoms with Crippen molar-refractivity contribution in [2.75, 3.05) is 13.1 Å². The molecule has 132 valence electrons. The zero-order valence-corrected chi connectivity index (χ0v) is 14.6. The molecular formula is C20H20N4O2. The van der Waals surface area contributed by atoms with E-state index in [1.165, 1.54) is 0 Å². The van der Waals surface area contributed by atoms with Crippen molar-refractivity contribution in [3.63, 3.8) is 0 Å². The molecule has 1 saturated heterocycles. The predicted molar refractivity (Wildman–Crippen MR) is 96.2 cm³/mol. The first-order valence-corrected chi connectivity index (χ1v) is 8.76. The van der Waals surface area contributed by atoms with E-state index in [-0.39, 0.29) is 17.7 Å². The second-order valence-corrected chi connectivity index (χ2v) is 6.74. The Morgan fingerprint density at radius 1 is 1.19 bits per heavy atom. The van der Waals surface area contributed by atoms with Crippen LogP contribution in [0.3, 0.4) is 0 Å². The predicted octanol–water partition coefficient (Wildman–Crippen LogP) is 2.94. The van der Waals surface area contributed by atoms with Crippen LogP contribution in [0, 0.1) is 5.92 Å². The highest BCUT2D eigenvalue weighted by Crippen LogP contribution is 2.32. The quantitative estimate of drug-likeness (QED) is 0.725. The van der Waals surface area contributed by atoms with Crippen molar-refractivity contribution in [1.29, 1.82) is 0 Å². The highest BCUT2D eigenvalue weighted by atomic mass is 16.5. The Balaban J connectivity index is 1.46. The Bertz CT molecular complexity index is 879. The minimum atomic E-state index is 0.0674. The van der Waals surface area contributed by atoms with Gasteiger partial charge in [0.1, 0.15) is 0 Å². The fraction of sp³-hybridized carbons (Fsp3) is 0.300. The number of carbonyl (C=O) groups is 1. The van der Waals surface area contributed by atoms with Crippen LogP contribution in [0.5, 0.6) is 0 Å². The molecule has 6 heteroatoms. The summed E-state index contributed by atoms with van der Waals surface area (Å²) in [5.41, 5.74) is 1.86. The highest BCUT2D eigenvalue weighted by Gasteiger charge is 2.36. The van der Waals surface area contributed by atoms with Crippen molar-refractivity contribution in [2.45, 2.75) is 19.3 Å². The van der Waals surface area contributed by atoms with E-state index in [2.05, 4.69) is 22.0 Å². The standard InChI is InChI=1S/C20H20N4O2/c1-14-12-24(18(25)10-15-6-5-9-21-11-15)13-17(14)20-22-19(23-26-20)16-7-3-2-4-8-16/h2-9,11,14,17H,10,12-13H2,1H3/t14-,17-/m0/s1. The molecule has 2 aromatic heterocycles. The van der Waals surface area contributed by atoms with Gasteiger partial charge < -0.3 is 9.42 Å². The van der Waals surface area contributed by atoms with Gasteiger partial charge in [-0.2, -0.15) is 4.98 Å². The number of carbonyl (C=O) groups excluding carboxylic acids is 1. The summed E-state index contributed by atoms with van der Waals surface area (Å²) < 4.78 is 5.51. The highest BCUT2D eigenvalue weighted by molar-refractivity contribution is 5.79. The van der Waals surface area contributed by atoms with Gasteiger partial charge in [0, 0.05) is 31.0 Å². The number of amides is 1. The third-order valence-corrected chi connectivity index (χ3v) is 4.83. The van der Waals surface area contributed by atoms with Gasteiger partial charge in [0.15, 0.2) is 0 Å². The second kappa shape index (κ2) is 7.07. The van der Waals surface area contributed by atoms with Gasteiger partial charge in [-0.3, -0.25) is 9.78 Å². The molecule has 0 spiro atoms. The molecular weight excluding hydrogens is 328 g/mol. The van der Waals surface area contributed by atoms with Crippen molar-refractivity contribution in [3.8, 4) is 11.4 Å². The maximum Gasteiger partial charge on any atom is 0.232 e. The molecule has 1 aromatic carbocycles. The summed E-state index contributed by atoms with van der Waals surface area (Å²) in [6.07, 6.45) is 3.81. The van der Waals surface area contributed by atoms with Crippen molar-refractivity contribution in [3.05, 3.63) is 66.3 Å². The fourth-order valence-electron chi connectivity index (χ4n) is 3.37. The molecule has 1 aliphatic heterocycles. The summed E-state index contributed by atoms with van der Waals surface area (Å²) >= 11 is 0. The third-order valence-electron chi connectivity index (χ3n) is 4.83. The Morgan fingerprint density at radius 3 is 2.81 bits per heavy atom. The molecule has 1 amide bonds. The van der Waals surface area contributed by atoms with Crippen LogP contribution in [-0.2, 0) is 11.2 Å². The van der Waals surface area contributed by atoms with Crippen LogP contribution in [0.2, 0.25) is 0 Å². The van der Waals surface area contributed by atoms with Crippen molar-refractivity contribution < 1.29 is 9.32 Å². The van der Waals surface area contributed by atoms with Crippen LogP contribution in [0.25, 0.3) is 11.4 Å². The zero-order valence-electron chi connectivity index (χ0n) is 14.6. The summed E-state index contributed by atoms with van der Waals surface area (Å²) in [4.78, 5) is 23.1. The number of aromatic nitrogens is 3. The van der Waals surface area contributed by atoms with E-state index in [0.29, 0.717) is 31.2 Å². The molecule has 0 radical (unpaired) electrons.